The summed E-state index contributed by atoms with van der Waals surface area (Å²) in [4.78, 5) is 26.7. The molecular weight excluding hydrogens is 354 g/mol. The molecule has 0 saturated heterocycles. The largest absolute Gasteiger partial charge is 0.347 e. The van der Waals surface area contributed by atoms with Crippen molar-refractivity contribution in [3.05, 3.63) is 52.8 Å². The molecule has 3 rings (SSSR count). The van der Waals surface area contributed by atoms with Crippen molar-refractivity contribution in [1.29, 1.82) is 0 Å². The van der Waals surface area contributed by atoms with E-state index in [1.165, 1.54) is 4.90 Å². The minimum absolute atomic E-state index is 0. The van der Waals surface area contributed by atoms with Gasteiger partial charge in [-0.05, 0) is 5.56 Å². The summed E-state index contributed by atoms with van der Waals surface area (Å²) in [6.07, 6.45) is 1.26. The second-order valence-corrected chi connectivity index (χ2v) is 6.40. The lowest BCUT2D eigenvalue weighted by Gasteiger charge is -2.22. The first-order valence-electron chi connectivity index (χ1n) is 8.39. The average molecular weight is 378 g/mol. The van der Waals surface area contributed by atoms with Crippen LogP contribution in [-0.4, -0.2) is 53.6 Å². The molecule has 0 radical (unpaired) electrons. The van der Waals surface area contributed by atoms with E-state index in [2.05, 4.69) is 20.8 Å². The van der Waals surface area contributed by atoms with E-state index in [1.54, 1.807) is 14.1 Å². The first-order chi connectivity index (χ1) is 12.1. The molecule has 3 N–H and O–H groups in total. The number of benzene rings is 1. The summed E-state index contributed by atoms with van der Waals surface area (Å²) in [5.74, 6) is -0.461. The lowest BCUT2D eigenvalue weighted by atomic mass is 10.0. The first kappa shape index (κ1) is 19.9. The van der Waals surface area contributed by atoms with E-state index in [0.717, 1.165) is 29.8 Å². The SMILES string of the molecule is CN(C)C(=O)C(Cc1ccccc1)NC(=O)c1n[nH]c2c1CNCC2.Cl. The molecule has 1 aliphatic rings. The second-order valence-electron chi connectivity index (χ2n) is 6.40. The molecule has 0 fully saturated rings. The van der Waals surface area contributed by atoms with Crippen molar-refractivity contribution < 1.29 is 9.59 Å². The maximum Gasteiger partial charge on any atom is 0.272 e. The molecule has 8 heteroatoms. The molecule has 1 aliphatic heterocycles. The molecular formula is C18H24ClN5O2. The minimum atomic E-state index is -0.631. The van der Waals surface area contributed by atoms with E-state index in [1.807, 2.05) is 30.3 Å². The van der Waals surface area contributed by atoms with Gasteiger partial charge in [-0.2, -0.15) is 5.10 Å². The number of nitrogens with zero attached hydrogens (tertiary/aromatic N) is 2. The Morgan fingerprint density at radius 1 is 1.27 bits per heavy atom. The highest BCUT2D eigenvalue weighted by Gasteiger charge is 2.27. The number of hydrogen-bond donors (Lipinski definition) is 3. The van der Waals surface area contributed by atoms with Gasteiger partial charge in [-0.25, -0.2) is 0 Å². The Bertz CT molecular complexity index is 760. The van der Waals surface area contributed by atoms with Crippen LogP contribution in [0, 0.1) is 0 Å². The standard InChI is InChI=1S/C18H23N5O2.ClH/c1-23(2)18(25)15(10-12-6-4-3-5-7-12)20-17(24)16-13-11-19-9-8-14(13)21-22-16;/h3-7,15,19H,8-11H2,1-2H3,(H,20,24)(H,21,22);1H. The third-order valence-corrected chi connectivity index (χ3v) is 4.35. The van der Waals surface area contributed by atoms with Crippen LogP contribution in [0.15, 0.2) is 30.3 Å². The number of aromatic nitrogens is 2. The normalized spacial score (nSPS) is 13.9. The van der Waals surface area contributed by atoms with E-state index >= 15 is 0 Å². The zero-order valence-electron chi connectivity index (χ0n) is 14.9. The molecule has 1 atom stereocenters. The zero-order chi connectivity index (χ0) is 17.8. The van der Waals surface area contributed by atoms with Gasteiger partial charge in [-0.3, -0.25) is 14.7 Å². The number of nitrogens with one attached hydrogen (secondary N) is 3. The Morgan fingerprint density at radius 3 is 2.69 bits per heavy atom. The summed E-state index contributed by atoms with van der Waals surface area (Å²) in [6.45, 7) is 1.48. The van der Waals surface area contributed by atoms with Crippen molar-refractivity contribution in [1.82, 2.24) is 25.7 Å². The molecule has 1 aromatic heterocycles. The van der Waals surface area contributed by atoms with Crippen LogP contribution in [0.25, 0.3) is 0 Å². The van der Waals surface area contributed by atoms with Crippen LogP contribution in [0.4, 0.5) is 0 Å². The fourth-order valence-electron chi connectivity index (χ4n) is 3.00. The predicted molar refractivity (Wildman–Crippen MR) is 101 cm³/mol. The van der Waals surface area contributed by atoms with Gasteiger partial charge in [-0.1, -0.05) is 30.3 Å². The number of halogens is 1. The lowest BCUT2D eigenvalue weighted by molar-refractivity contribution is -0.130. The van der Waals surface area contributed by atoms with Crippen LogP contribution in [-0.2, 0) is 24.2 Å². The number of carbonyl (C=O) groups excluding carboxylic acids is 2. The smallest absolute Gasteiger partial charge is 0.272 e. The highest BCUT2D eigenvalue weighted by atomic mass is 35.5. The van der Waals surface area contributed by atoms with Gasteiger partial charge in [0.1, 0.15) is 6.04 Å². The Kier molecular flexibility index (Phi) is 6.76. The highest BCUT2D eigenvalue weighted by molar-refractivity contribution is 5.97. The molecule has 0 bridgehead atoms. The van der Waals surface area contributed by atoms with Gasteiger partial charge in [0.15, 0.2) is 5.69 Å². The third-order valence-electron chi connectivity index (χ3n) is 4.35. The minimum Gasteiger partial charge on any atom is -0.347 e. The number of rotatable bonds is 5. The highest BCUT2D eigenvalue weighted by Crippen LogP contribution is 2.15. The predicted octanol–water partition coefficient (Wildman–Crippen LogP) is 0.906. The summed E-state index contributed by atoms with van der Waals surface area (Å²) < 4.78 is 0. The maximum absolute atomic E-state index is 12.7. The van der Waals surface area contributed by atoms with Gasteiger partial charge in [-0.15, -0.1) is 12.4 Å². The molecule has 2 aromatic rings. The Balaban J connectivity index is 0.00000243. The van der Waals surface area contributed by atoms with Crippen molar-refractivity contribution in [2.24, 2.45) is 0 Å². The van der Waals surface area contributed by atoms with E-state index in [-0.39, 0.29) is 24.2 Å². The molecule has 26 heavy (non-hydrogen) atoms. The van der Waals surface area contributed by atoms with Crippen LogP contribution in [0.5, 0.6) is 0 Å². The van der Waals surface area contributed by atoms with E-state index < -0.39 is 6.04 Å². The molecule has 7 nitrogen and oxygen atoms in total. The van der Waals surface area contributed by atoms with Crippen LogP contribution in [0.1, 0.15) is 27.3 Å². The summed E-state index contributed by atoms with van der Waals surface area (Å²) in [5, 5.41) is 13.2. The van der Waals surface area contributed by atoms with Crippen molar-refractivity contribution >= 4 is 24.2 Å². The van der Waals surface area contributed by atoms with Crippen LogP contribution in [0.3, 0.4) is 0 Å². The monoisotopic (exact) mass is 377 g/mol. The van der Waals surface area contributed by atoms with Crippen LogP contribution in [0.2, 0.25) is 0 Å². The fraction of sp³-hybridized carbons (Fsp3) is 0.389. The topological polar surface area (TPSA) is 90.1 Å². The lowest BCUT2D eigenvalue weighted by Crippen LogP contribution is -2.47. The van der Waals surface area contributed by atoms with Crippen molar-refractivity contribution in [3.8, 4) is 0 Å². The number of amides is 2. The van der Waals surface area contributed by atoms with Crippen molar-refractivity contribution in [2.45, 2.75) is 25.4 Å². The number of fused-ring (bicyclic) bond motifs is 1. The van der Waals surface area contributed by atoms with E-state index in [9.17, 15) is 9.59 Å². The van der Waals surface area contributed by atoms with Gasteiger partial charge in [0, 0.05) is 51.3 Å². The molecule has 140 valence electrons. The molecule has 2 amide bonds. The number of aromatic amines is 1. The third kappa shape index (κ3) is 4.42. The summed E-state index contributed by atoms with van der Waals surface area (Å²) >= 11 is 0. The van der Waals surface area contributed by atoms with Gasteiger partial charge in [0.25, 0.3) is 5.91 Å². The molecule has 0 spiro atoms. The Labute approximate surface area is 159 Å². The van der Waals surface area contributed by atoms with Crippen LogP contribution < -0.4 is 10.6 Å². The van der Waals surface area contributed by atoms with Gasteiger partial charge < -0.3 is 15.5 Å². The zero-order valence-corrected chi connectivity index (χ0v) is 15.7. The number of likely N-dealkylation sites (N-methyl/N-ethyl adjacent to an activating group) is 1. The van der Waals surface area contributed by atoms with E-state index in [4.69, 9.17) is 0 Å². The van der Waals surface area contributed by atoms with Gasteiger partial charge in [0.05, 0.1) is 0 Å². The molecule has 2 heterocycles. The Hall–Kier alpha value is -2.38. The summed E-state index contributed by atoms with van der Waals surface area (Å²) in [6, 6.07) is 9.03. The number of carbonyl (C=O) groups is 2. The quantitative estimate of drug-likeness (QED) is 0.722. The first-order valence-corrected chi connectivity index (χ1v) is 8.39. The molecule has 1 aromatic carbocycles. The molecule has 0 saturated carbocycles. The Morgan fingerprint density at radius 2 is 2.00 bits per heavy atom. The summed E-state index contributed by atoms with van der Waals surface area (Å²) in [7, 11) is 3.37. The average Bonchev–Trinajstić information content (AvgIpc) is 3.05. The van der Waals surface area contributed by atoms with Gasteiger partial charge in [0.2, 0.25) is 5.91 Å². The molecule has 0 aliphatic carbocycles. The van der Waals surface area contributed by atoms with Crippen molar-refractivity contribution in [2.75, 3.05) is 20.6 Å². The fourth-order valence-corrected chi connectivity index (χ4v) is 3.00. The van der Waals surface area contributed by atoms with E-state index in [0.29, 0.717) is 18.7 Å². The van der Waals surface area contributed by atoms with Crippen LogP contribution >= 0.6 is 12.4 Å². The van der Waals surface area contributed by atoms with Gasteiger partial charge >= 0.3 is 0 Å². The number of H-pyrrole nitrogens is 1. The van der Waals surface area contributed by atoms with Crippen molar-refractivity contribution in [3.63, 3.8) is 0 Å². The number of hydrogen-bond acceptors (Lipinski definition) is 4. The maximum atomic E-state index is 12.7. The summed E-state index contributed by atoms with van der Waals surface area (Å²) in [5.41, 5.74) is 3.24. The molecule has 1 unspecified atom stereocenters. The second kappa shape index (κ2) is 8.82.